The molecule has 1 N–H and O–H groups in total. The van der Waals surface area contributed by atoms with Crippen molar-refractivity contribution >= 4 is 40.3 Å². The third kappa shape index (κ3) is 4.35. The third-order valence-corrected chi connectivity index (χ3v) is 4.99. The summed E-state index contributed by atoms with van der Waals surface area (Å²) in [5, 5.41) is 4.72. The standard InChI is InChI=1S/C19H22ClN3OS/c1-14-13-22(19(25)21-16-5-3-4-15(20)12-16)10-11-23(14)17-6-8-18(24-2)9-7-17/h3-9,12,14H,10-11,13H2,1-2H3,(H,21,25). The fourth-order valence-electron chi connectivity index (χ4n) is 3.07. The molecule has 6 heteroatoms. The number of halogens is 1. The maximum atomic E-state index is 6.03. The molecular formula is C19H22ClN3OS. The van der Waals surface area contributed by atoms with Gasteiger partial charge >= 0.3 is 0 Å². The molecule has 0 amide bonds. The van der Waals surface area contributed by atoms with Crippen molar-refractivity contribution in [1.82, 2.24) is 4.90 Å². The molecule has 132 valence electrons. The van der Waals surface area contributed by atoms with Gasteiger partial charge in [-0.2, -0.15) is 0 Å². The molecule has 3 rings (SSSR count). The van der Waals surface area contributed by atoms with E-state index < -0.39 is 0 Å². The Labute approximate surface area is 159 Å². The van der Waals surface area contributed by atoms with Crippen molar-refractivity contribution < 1.29 is 4.74 Å². The van der Waals surface area contributed by atoms with Gasteiger partial charge in [-0.25, -0.2) is 0 Å². The SMILES string of the molecule is COc1ccc(N2CCN(C(=S)Nc3cccc(Cl)c3)CC2C)cc1. The van der Waals surface area contributed by atoms with E-state index in [9.17, 15) is 0 Å². The van der Waals surface area contributed by atoms with Crippen molar-refractivity contribution in [1.29, 1.82) is 0 Å². The summed E-state index contributed by atoms with van der Waals surface area (Å²) in [6.07, 6.45) is 0. The number of methoxy groups -OCH3 is 1. The second kappa shape index (κ2) is 7.93. The molecule has 1 unspecified atom stereocenters. The summed E-state index contributed by atoms with van der Waals surface area (Å²) < 4.78 is 5.24. The Hall–Kier alpha value is -1.98. The minimum Gasteiger partial charge on any atom is -0.497 e. The summed E-state index contributed by atoms with van der Waals surface area (Å²) >= 11 is 11.6. The summed E-state index contributed by atoms with van der Waals surface area (Å²) in [7, 11) is 1.68. The maximum Gasteiger partial charge on any atom is 0.173 e. The lowest BCUT2D eigenvalue weighted by atomic mass is 10.1. The fraction of sp³-hybridized carbons (Fsp3) is 0.316. The summed E-state index contributed by atoms with van der Waals surface area (Å²) in [5.41, 5.74) is 2.13. The van der Waals surface area contributed by atoms with Crippen molar-refractivity contribution in [2.45, 2.75) is 13.0 Å². The van der Waals surface area contributed by atoms with Crippen LogP contribution in [0, 0.1) is 0 Å². The van der Waals surface area contributed by atoms with Gasteiger partial charge in [-0.05, 0) is 61.6 Å². The quantitative estimate of drug-likeness (QED) is 0.809. The van der Waals surface area contributed by atoms with Crippen molar-refractivity contribution in [3.8, 4) is 5.75 Å². The van der Waals surface area contributed by atoms with E-state index in [-0.39, 0.29) is 0 Å². The normalized spacial score (nSPS) is 17.3. The minimum absolute atomic E-state index is 0.362. The number of rotatable bonds is 3. The van der Waals surface area contributed by atoms with Gasteiger partial charge in [-0.15, -0.1) is 0 Å². The van der Waals surface area contributed by atoms with Crippen LogP contribution >= 0.6 is 23.8 Å². The summed E-state index contributed by atoms with van der Waals surface area (Å²) in [4.78, 5) is 4.61. The molecule has 25 heavy (non-hydrogen) atoms. The first-order valence-corrected chi connectivity index (χ1v) is 9.07. The van der Waals surface area contributed by atoms with E-state index in [0.29, 0.717) is 11.1 Å². The number of nitrogens with zero attached hydrogens (tertiary/aromatic N) is 2. The highest BCUT2D eigenvalue weighted by Crippen LogP contribution is 2.24. The van der Waals surface area contributed by atoms with E-state index in [4.69, 9.17) is 28.6 Å². The molecule has 0 spiro atoms. The average molecular weight is 376 g/mol. The highest BCUT2D eigenvalue weighted by atomic mass is 35.5. The number of benzene rings is 2. The predicted molar refractivity (Wildman–Crippen MR) is 109 cm³/mol. The van der Waals surface area contributed by atoms with Crippen LogP contribution in [0.15, 0.2) is 48.5 Å². The summed E-state index contributed by atoms with van der Waals surface area (Å²) in [5.74, 6) is 0.877. The first kappa shape index (κ1) is 17.8. The van der Waals surface area contributed by atoms with E-state index in [0.717, 1.165) is 36.2 Å². The number of piperazine rings is 1. The first-order chi connectivity index (χ1) is 12.1. The Bertz CT molecular complexity index is 738. The predicted octanol–water partition coefficient (Wildman–Crippen LogP) is 4.26. The van der Waals surface area contributed by atoms with Crippen LogP contribution in [-0.2, 0) is 0 Å². The van der Waals surface area contributed by atoms with Crippen LogP contribution in [0.5, 0.6) is 5.75 Å². The van der Waals surface area contributed by atoms with Gasteiger partial charge < -0.3 is 19.9 Å². The first-order valence-electron chi connectivity index (χ1n) is 8.29. The lowest BCUT2D eigenvalue weighted by Crippen LogP contribution is -2.54. The van der Waals surface area contributed by atoms with E-state index in [2.05, 4.69) is 34.2 Å². The van der Waals surface area contributed by atoms with Crippen LogP contribution in [0.3, 0.4) is 0 Å². The molecule has 1 saturated heterocycles. The van der Waals surface area contributed by atoms with Gasteiger partial charge in [0.2, 0.25) is 0 Å². The van der Waals surface area contributed by atoms with Crippen molar-refractivity contribution in [2.24, 2.45) is 0 Å². The number of anilines is 2. The number of thiocarbonyl (C=S) groups is 1. The van der Waals surface area contributed by atoms with E-state index >= 15 is 0 Å². The molecule has 1 aliphatic heterocycles. The molecule has 0 saturated carbocycles. The molecule has 1 heterocycles. The third-order valence-electron chi connectivity index (χ3n) is 4.39. The lowest BCUT2D eigenvalue weighted by molar-refractivity contribution is 0.342. The second-order valence-electron chi connectivity index (χ2n) is 6.13. The average Bonchev–Trinajstić information content (AvgIpc) is 2.62. The number of hydrogen-bond acceptors (Lipinski definition) is 3. The molecule has 0 radical (unpaired) electrons. The molecule has 1 fully saturated rings. The number of ether oxygens (including phenoxy) is 1. The number of nitrogens with one attached hydrogen (secondary N) is 1. The minimum atomic E-state index is 0.362. The van der Waals surface area contributed by atoms with Gasteiger partial charge in [0.25, 0.3) is 0 Å². The lowest BCUT2D eigenvalue weighted by Gasteiger charge is -2.42. The zero-order valence-electron chi connectivity index (χ0n) is 14.4. The largest absolute Gasteiger partial charge is 0.497 e. The van der Waals surface area contributed by atoms with Gasteiger partial charge in [0, 0.05) is 42.1 Å². The summed E-state index contributed by atoms with van der Waals surface area (Å²) in [6.45, 7) is 4.89. The van der Waals surface area contributed by atoms with E-state index in [1.165, 1.54) is 5.69 Å². The molecule has 4 nitrogen and oxygen atoms in total. The van der Waals surface area contributed by atoms with Crippen LogP contribution in [-0.4, -0.2) is 42.8 Å². The van der Waals surface area contributed by atoms with Gasteiger partial charge in [-0.3, -0.25) is 0 Å². The van der Waals surface area contributed by atoms with Gasteiger partial charge in [-0.1, -0.05) is 17.7 Å². The Morgan fingerprint density at radius 1 is 1.20 bits per heavy atom. The maximum absolute atomic E-state index is 6.03. The van der Waals surface area contributed by atoms with E-state index in [1.54, 1.807) is 7.11 Å². The highest BCUT2D eigenvalue weighted by Gasteiger charge is 2.25. The molecule has 0 aliphatic carbocycles. The van der Waals surface area contributed by atoms with E-state index in [1.807, 2.05) is 36.4 Å². The summed E-state index contributed by atoms with van der Waals surface area (Å²) in [6, 6.07) is 16.2. The molecule has 0 bridgehead atoms. The zero-order valence-corrected chi connectivity index (χ0v) is 16.0. The number of hydrogen-bond donors (Lipinski definition) is 1. The van der Waals surface area contributed by atoms with Crippen LogP contribution in [0.4, 0.5) is 11.4 Å². The molecule has 2 aromatic rings. The van der Waals surface area contributed by atoms with Gasteiger partial charge in [0.05, 0.1) is 7.11 Å². The fourth-order valence-corrected chi connectivity index (χ4v) is 3.54. The smallest absolute Gasteiger partial charge is 0.173 e. The van der Waals surface area contributed by atoms with Crippen LogP contribution in [0.2, 0.25) is 5.02 Å². The van der Waals surface area contributed by atoms with Crippen molar-refractivity contribution in [2.75, 3.05) is 37.0 Å². The van der Waals surface area contributed by atoms with Crippen molar-refractivity contribution in [3.63, 3.8) is 0 Å². The van der Waals surface area contributed by atoms with Crippen LogP contribution in [0.25, 0.3) is 0 Å². The van der Waals surface area contributed by atoms with Crippen molar-refractivity contribution in [3.05, 3.63) is 53.6 Å². The Kier molecular flexibility index (Phi) is 5.66. The molecule has 0 aromatic heterocycles. The Balaban J connectivity index is 1.61. The molecule has 1 atom stereocenters. The Morgan fingerprint density at radius 2 is 1.96 bits per heavy atom. The monoisotopic (exact) mass is 375 g/mol. The highest BCUT2D eigenvalue weighted by molar-refractivity contribution is 7.80. The molecule has 2 aromatic carbocycles. The van der Waals surface area contributed by atoms with Crippen LogP contribution < -0.4 is 15.0 Å². The van der Waals surface area contributed by atoms with Gasteiger partial charge in [0.1, 0.15) is 5.75 Å². The topological polar surface area (TPSA) is 27.7 Å². The van der Waals surface area contributed by atoms with Gasteiger partial charge in [0.15, 0.2) is 5.11 Å². The van der Waals surface area contributed by atoms with Crippen LogP contribution in [0.1, 0.15) is 6.92 Å². The molecular weight excluding hydrogens is 354 g/mol. The Morgan fingerprint density at radius 3 is 2.60 bits per heavy atom. The molecule has 1 aliphatic rings. The zero-order chi connectivity index (χ0) is 17.8. The second-order valence-corrected chi connectivity index (χ2v) is 6.95.